The molecule has 1 N–H and O–H groups in total. The standard InChI is InChI=1S/C10H16N2O2/c1-3-5-6-8-7-9(12-11-8)14-10(13)4-2/h7H,3-6H2,1-2H3,(H,11,12). The molecule has 0 atom stereocenters. The first kappa shape index (κ1) is 10.8. The van der Waals surface area contributed by atoms with Gasteiger partial charge in [-0.15, -0.1) is 5.10 Å². The van der Waals surface area contributed by atoms with Crippen LogP contribution in [0.15, 0.2) is 6.07 Å². The molecule has 1 heterocycles. The molecule has 4 heteroatoms. The van der Waals surface area contributed by atoms with Crippen LogP contribution in [-0.2, 0) is 11.2 Å². The predicted octanol–water partition coefficient (Wildman–Crippen LogP) is 2.07. The zero-order valence-electron chi connectivity index (χ0n) is 8.67. The van der Waals surface area contributed by atoms with Gasteiger partial charge < -0.3 is 4.74 Å². The molecule has 0 aliphatic rings. The van der Waals surface area contributed by atoms with Crippen LogP contribution in [-0.4, -0.2) is 16.2 Å². The van der Waals surface area contributed by atoms with Crippen LogP contribution in [0.4, 0.5) is 0 Å². The minimum atomic E-state index is -0.251. The van der Waals surface area contributed by atoms with Gasteiger partial charge in [-0.25, -0.2) is 0 Å². The van der Waals surface area contributed by atoms with E-state index in [4.69, 9.17) is 4.74 Å². The maximum atomic E-state index is 10.9. The molecule has 4 nitrogen and oxygen atoms in total. The third-order valence-electron chi connectivity index (χ3n) is 1.91. The van der Waals surface area contributed by atoms with E-state index in [1.807, 2.05) is 0 Å². The van der Waals surface area contributed by atoms with Crippen molar-refractivity contribution in [3.63, 3.8) is 0 Å². The summed E-state index contributed by atoms with van der Waals surface area (Å²) in [6, 6.07) is 1.78. The Morgan fingerprint density at radius 1 is 1.57 bits per heavy atom. The Kier molecular flexibility index (Phi) is 4.16. The number of aryl methyl sites for hydroxylation is 1. The van der Waals surface area contributed by atoms with Crippen molar-refractivity contribution in [1.29, 1.82) is 0 Å². The number of nitrogens with one attached hydrogen (secondary N) is 1. The SMILES string of the molecule is CCCCc1cc(OC(=O)CC)n[nH]1. The Morgan fingerprint density at radius 3 is 3.00 bits per heavy atom. The summed E-state index contributed by atoms with van der Waals surface area (Å²) in [5, 5.41) is 6.73. The number of aromatic nitrogens is 2. The lowest BCUT2D eigenvalue weighted by molar-refractivity contribution is -0.134. The number of hydrogen-bond donors (Lipinski definition) is 1. The summed E-state index contributed by atoms with van der Waals surface area (Å²) in [5.41, 5.74) is 1.02. The fraction of sp³-hybridized carbons (Fsp3) is 0.600. The summed E-state index contributed by atoms with van der Waals surface area (Å²) >= 11 is 0. The molecule has 78 valence electrons. The zero-order valence-corrected chi connectivity index (χ0v) is 8.67. The van der Waals surface area contributed by atoms with Gasteiger partial charge in [-0.3, -0.25) is 9.89 Å². The Balaban J connectivity index is 2.46. The lowest BCUT2D eigenvalue weighted by atomic mass is 10.2. The van der Waals surface area contributed by atoms with Crippen LogP contribution in [0.25, 0.3) is 0 Å². The first-order valence-corrected chi connectivity index (χ1v) is 5.01. The molecule has 1 aromatic rings. The molecule has 0 radical (unpaired) electrons. The lowest BCUT2D eigenvalue weighted by Gasteiger charge is -1.94. The van der Waals surface area contributed by atoms with Gasteiger partial charge in [-0.1, -0.05) is 20.3 Å². The smallest absolute Gasteiger partial charge is 0.312 e. The molecule has 0 aromatic carbocycles. The van der Waals surface area contributed by atoms with Crippen LogP contribution in [0.2, 0.25) is 0 Å². The van der Waals surface area contributed by atoms with Gasteiger partial charge in [0.1, 0.15) is 0 Å². The predicted molar refractivity (Wildman–Crippen MR) is 53.1 cm³/mol. The normalized spacial score (nSPS) is 10.1. The number of ether oxygens (including phenoxy) is 1. The van der Waals surface area contributed by atoms with Crippen molar-refractivity contribution in [1.82, 2.24) is 10.2 Å². The van der Waals surface area contributed by atoms with E-state index >= 15 is 0 Å². The number of aromatic amines is 1. The van der Waals surface area contributed by atoms with Crippen molar-refractivity contribution in [2.45, 2.75) is 39.5 Å². The van der Waals surface area contributed by atoms with Crippen LogP contribution in [0.3, 0.4) is 0 Å². The molecular weight excluding hydrogens is 180 g/mol. The van der Waals surface area contributed by atoms with Gasteiger partial charge >= 0.3 is 5.97 Å². The van der Waals surface area contributed by atoms with Crippen molar-refractivity contribution in [2.75, 3.05) is 0 Å². The Labute approximate surface area is 83.7 Å². The molecule has 0 bridgehead atoms. The second-order valence-corrected chi connectivity index (χ2v) is 3.16. The van der Waals surface area contributed by atoms with E-state index in [-0.39, 0.29) is 5.97 Å². The highest BCUT2D eigenvalue weighted by molar-refractivity contribution is 5.71. The highest BCUT2D eigenvalue weighted by Crippen LogP contribution is 2.11. The quantitative estimate of drug-likeness (QED) is 0.733. The summed E-state index contributed by atoms with van der Waals surface area (Å²) in [6.07, 6.45) is 3.58. The molecule has 0 saturated carbocycles. The van der Waals surface area contributed by atoms with Gasteiger partial charge in [-0.05, 0) is 12.8 Å². The Morgan fingerprint density at radius 2 is 2.36 bits per heavy atom. The second-order valence-electron chi connectivity index (χ2n) is 3.16. The van der Waals surface area contributed by atoms with E-state index in [1.165, 1.54) is 0 Å². The van der Waals surface area contributed by atoms with E-state index in [1.54, 1.807) is 13.0 Å². The fourth-order valence-corrected chi connectivity index (χ4v) is 1.08. The molecule has 0 saturated heterocycles. The van der Waals surface area contributed by atoms with Gasteiger partial charge in [-0.2, -0.15) is 0 Å². The number of hydrogen-bond acceptors (Lipinski definition) is 3. The minimum absolute atomic E-state index is 0.251. The van der Waals surface area contributed by atoms with Crippen molar-refractivity contribution in [3.05, 3.63) is 11.8 Å². The highest BCUT2D eigenvalue weighted by atomic mass is 16.5. The molecule has 0 aliphatic heterocycles. The van der Waals surface area contributed by atoms with Gasteiger partial charge in [0.2, 0.25) is 5.88 Å². The first-order chi connectivity index (χ1) is 6.76. The average Bonchev–Trinajstić information content (AvgIpc) is 2.62. The maximum Gasteiger partial charge on any atom is 0.312 e. The van der Waals surface area contributed by atoms with Crippen LogP contribution < -0.4 is 4.74 Å². The largest absolute Gasteiger partial charge is 0.406 e. The summed E-state index contributed by atoms with van der Waals surface area (Å²) in [4.78, 5) is 10.9. The summed E-state index contributed by atoms with van der Waals surface area (Å²) < 4.78 is 4.94. The topological polar surface area (TPSA) is 55.0 Å². The van der Waals surface area contributed by atoms with E-state index in [9.17, 15) is 4.79 Å². The number of H-pyrrole nitrogens is 1. The van der Waals surface area contributed by atoms with Crippen LogP contribution in [0, 0.1) is 0 Å². The van der Waals surface area contributed by atoms with E-state index in [0.29, 0.717) is 12.3 Å². The molecular formula is C10H16N2O2. The summed E-state index contributed by atoms with van der Waals surface area (Å²) in [6.45, 7) is 3.89. The summed E-state index contributed by atoms with van der Waals surface area (Å²) in [5.74, 6) is 0.126. The van der Waals surface area contributed by atoms with Gasteiger partial charge in [0.05, 0.1) is 0 Å². The van der Waals surface area contributed by atoms with Gasteiger partial charge in [0.15, 0.2) is 0 Å². The Hall–Kier alpha value is -1.32. The third kappa shape index (κ3) is 3.20. The maximum absolute atomic E-state index is 10.9. The Bertz CT molecular complexity index is 294. The molecule has 0 fully saturated rings. The molecule has 0 unspecified atom stereocenters. The zero-order chi connectivity index (χ0) is 10.4. The van der Waals surface area contributed by atoms with Crippen molar-refractivity contribution in [3.8, 4) is 5.88 Å². The van der Waals surface area contributed by atoms with Crippen LogP contribution in [0.5, 0.6) is 5.88 Å². The van der Waals surface area contributed by atoms with Crippen molar-refractivity contribution in [2.24, 2.45) is 0 Å². The van der Waals surface area contributed by atoms with Crippen molar-refractivity contribution < 1.29 is 9.53 Å². The molecule has 0 aliphatic carbocycles. The van der Waals surface area contributed by atoms with Crippen LogP contribution in [0.1, 0.15) is 38.8 Å². The molecule has 0 spiro atoms. The van der Waals surface area contributed by atoms with E-state index in [2.05, 4.69) is 17.1 Å². The minimum Gasteiger partial charge on any atom is -0.406 e. The van der Waals surface area contributed by atoms with Crippen molar-refractivity contribution >= 4 is 5.97 Å². The second kappa shape index (κ2) is 5.42. The van der Waals surface area contributed by atoms with Gasteiger partial charge in [0.25, 0.3) is 0 Å². The molecule has 0 amide bonds. The fourth-order valence-electron chi connectivity index (χ4n) is 1.08. The number of esters is 1. The molecule has 14 heavy (non-hydrogen) atoms. The average molecular weight is 196 g/mol. The highest BCUT2D eigenvalue weighted by Gasteiger charge is 2.05. The van der Waals surface area contributed by atoms with Gasteiger partial charge in [0, 0.05) is 18.2 Å². The number of carbonyl (C=O) groups is 1. The van der Waals surface area contributed by atoms with Crippen LogP contribution >= 0.6 is 0 Å². The monoisotopic (exact) mass is 196 g/mol. The third-order valence-corrected chi connectivity index (χ3v) is 1.91. The molecule has 1 aromatic heterocycles. The summed E-state index contributed by atoms with van der Waals surface area (Å²) in [7, 11) is 0. The lowest BCUT2D eigenvalue weighted by Crippen LogP contribution is -2.05. The molecule has 1 rings (SSSR count). The van der Waals surface area contributed by atoms with E-state index in [0.717, 1.165) is 25.0 Å². The number of rotatable bonds is 5. The first-order valence-electron chi connectivity index (χ1n) is 5.01. The number of carbonyl (C=O) groups excluding carboxylic acids is 1. The van der Waals surface area contributed by atoms with E-state index < -0.39 is 0 Å². The number of unbranched alkanes of at least 4 members (excludes halogenated alkanes) is 1. The number of nitrogens with zero attached hydrogens (tertiary/aromatic N) is 1.